The van der Waals surface area contributed by atoms with Gasteiger partial charge in [-0.25, -0.2) is 0 Å². The SMILES string of the molecule is COc1c(C)cccc1C(=O)N1CCCC[C@H]1c1[nH]ncc1-c1ccncc1C. The molecule has 3 aromatic rings. The van der Waals surface area contributed by atoms with Gasteiger partial charge in [-0.2, -0.15) is 5.10 Å². The molecule has 0 bridgehead atoms. The fourth-order valence-corrected chi connectivity index (χ4v) is 4.26. The average Bonchev–Trinajstić information content (AvgIpc) is 3.23. The van der Waals surface area contributed by atoms with Crippen molar-refractivity contribution in [3.05, 3.63) is 65.2 Å². The number of carbonyl (C=O) groups is 1. The van der Waals surface area contributed by atoms with E-state index in [1.807, 2.05) is 55.4 Å². The van der Waals surface area contributed by atoms with Crippen LogP contribution in [0.3, 0.4) is 0 Å². The van der Waals surface area contributed by atoms with Gasteiger partial charge < -0.3 is 9.64 Å². The zero-order valence-corrected chi connectivity index (χ0v) is 17.1. The smallest absolute Gasteiger partial charge is 0.258 e. The summed E-state index contributed by atoms with van der Waals surface area (Å²) in [4.78, 5) is 19.7. The predicted octanol–water partition coefficient (Wildman–Crippen LogP) is 4.46. The first-order valence-corrected chi connectivity index (χ1v) is 10.0. The van der Waals surface area contributed by atoms with Crippen molar-refractivity contribution in [3.63, 3.8) is 0 Å². The Morgan fingerprint density at radius 3 is 2.79 bits per heavy atom. The number of aromatic nitrogens is 3. The molecule has 0 aliphatic carbocycles. The highest BCUT2D eigenvalue weighted by molar-refractivity contribution is 5.97. The molecule has 1 fully saturated rings. The normalized spacial score (nSPS) is 16.7. The molecule has 0 unspecified atom stereocenters. The van der Waals surface area contributed by atoms with Crippen LogP contribution in [0.2, 0.25) is 0 Å². The lowest BCUT2D eigenvalue weighted by Crippen LogP contribution is -2.39. The van der Waals surface area contributed by atoms with Gasteiger partial charge in [-0.05, 0) is 61.9 Å². The Labute approximate surface area is 170 Å². The molecule has 1 atom stereocenters. The van der Waals surface area contributed by atoms with Crippen molar-refractivity contribution >= 4 is 5.91 Å². The molecule has 4 rings (SSSR count). The van der Waals surface area contributed by atoms with Gasteiger partial charge in [-0.3, -0.25) is 14.9 Å². The molecule has 0 radical (unpaired) electrons. The van der Waals surface area contributed by atoms with E-state index >= 15 is 0 Å². The summed E-state index contributed by atoms with van der Waals surface area (Å²) in [5, 5.41) is 7.50. The summed E-state index contributed by atoms with van der Waals surface area (Å²) in [6.45, 7) is 4.72. The van der Waals surface area contributed by atoms with Crippen LogP contribution in [0, 0.1) is 13.8 Å². The number of nitrogens with zero attached hydrogens (tertiary/aromatic N) is 3. The number of H-pyrrole nitrogens is 1. The van der Waals surface area contributed by atoms with Gasteiger partial charge in [0, 0.05) is 24.5 Å². The average molecular weight is 390 g/mol. The minimum Gasteiger partial charge on any atom is -0.496 e. The van der Waals surface area contributed by atoms with E-state index in [2.05, 4.69) is 15.2 Å². The van der Waals surface area contributed by atoms with Gasteiger partial charge in [0.15, 0.2) is 0 Å². The van der Waals surface area contributed by atoms with E-state index < -0.39 is 0 Å². The zero-order chi connectivity index (χ0) is 20.4. The number of methoxy groups -OCH3 is 1. The molecule has 1 saturated heterocycles. The Kier molecular flexibility index (Phi) is 5.34. The van der Waals surface area contributed by atoms with E-state index in [4.69, 9.17) is 4.74 Å². The van der Waals surface area contributed by atoms with Crippen molar-refractivity contribution < 1.29 is 9.53 Å². The minimum atomic E-state index is -0.0495. The molecule has 1 aliphatic heterocycles. The van der Waals surface area contributed by atoms with Crippen LogP contribution in [0.5, 0.6) is 5.75 Å². The first-order valence-electron chi connectivity index (χ1n) is 10.0. The Morgan fingerprint density at radius 1 is 1.14 bits per heavy atom. The number of likely N-dealkylation sites (tertiary alicyclic amines) is 1. The second-order valence-electron chi connectivity index (χ2n) is 7.55. The summed E-state index contributed by atoms with van der Waals surface area (Å²) in [5.74, 6) is 0.652. The number of aromatic amines is 1. The molecule has 29 heavy (non-hydrogen) atoms. The molecule has 150 valence electrons. The number of benzene rings is 1. The molecule has 6 heteroatoms. The third-order valence-corrected chi connectivity index (χ3v) is 5.72. The largest absolute Gasteiger partial charge is 0.496 e. The molecule has 1 aliphatic rings. The van der Waals surface area contributed by atoms with Crippen molar-refractivity contribution in [1.82, 2.24) is 20.1 Å². The minimum absolute atomic E-state index is 0.00208. The number of piperidine rings is 1. The fraction of sp³-hybridized carbons (Fsp3) is 0.348. The van der Waals surface area contributed by atoms with Gasteiger partial charge in [0.2, 0.25) is 0 Å². The van der Waals surface area contributed by atoms with Gasteiger partial charge >= 0.3 is 0 Å². The second kappa shape index (κ2) is 8.07. The molecule has 0 saturated carbocycles. The molecular weight excluding hydrogens is 364 g/mol. The van der Waals surface area contributed by atoms with E-state index in [1.165, 1.54) is 0 Å². The first kappa shape index (κ1) is 19.2. The Balaban J connectivity index is 1.74. The van der Waals surface area contributed by atoms with Crippen molar-refractivity contribution in [3.8, 4) is 16.9 Å². The molecular formula is C23H26N4O2. The topological polar surface area (TPSA) is 71.1 Å². The highest BCUT2D eigenvalue weighted by Gasteiger charge is 2.33. The van der Waals surface area contributed by atoms with E-state index in [1.54, 1.807) is 13.3 Å². The lowest BCUT2D eigenvalue weighted by atomic mass is 9.93. The number of nitrogens with one attached hydrogen (secondary N) is 1. The summed E-state index contributed by atoms with van der Waals surface area (Å²) in [6.07, 6.45) is 8.47. The maximum Gasteiger partial charge on any atom is 0.258 e. The van der Waals surface area contributed by atoms with E-state index in [0.717, 1.165) is 47.2 Å². The van der Waals surface area contributed by atoms with Gasteiger partial charge in [0.05, 0.1) is 30.6 Å². The van der Waals surface area contributed by atoms with Crippen LogP contribution in [0.4, 0.5) is 0 Å². The van der Waals surface area contributed by atoms with Crippen LogP contribution in [0.1, 0.15) is 52.5 Å². The Bertz CT molecular complexity index is 1030. The van der Waals surface area contributed by atoms with Crippen LogP contribution in [-0.4, -0.2) is 39.6 Å². The number of amides is 1. The number of rotatable bonds is 4. The van der Waals surface area contributed by atoms with Crippen molar-refractivity contribution in [2.45, 2.75) is 39.2 Å². The number of hydrogen-bond donors (Lipinski definition) is 1. The molecule has 0 spiro atoms. The quantitative estimate of drug-likeness (QED) is 0.714. The van der Waals surface area contributed by atoms with Crippen molar-refractivity contribution in [1.29, 1.82) is 0 Å². The Morgan fingerprint density at radius 2 is 2.00 bits per heavy atom. The predicted molar refractivity (Wildman–Crippen MR) is 112 cm³/mol. The number of ether oxygens (including phenoxy) is 1. The zero-order valence-electron chi connectivity index (χ0n) is 17.1. The lowest BCUT2D eigenvalue weighted by molar-refractivity contribution is 0.0603. The summed E-state index contributed by atoms with van der Waals surface area (Å²) < 4.78 is 5.55. The van der Waals surface area contributed by atoms with Crippen molar-refractivity contribution in [2.24, 2.45) is 0 Å². The van der Waals surface area contributed by atoms with Crippen molar-refractivity contribution in [2.75, 3.05) is 13.7 Å². The highest BCUT2D eigenvalue weighted by Crippen LogP contribution is 2.38. The third-order valence-electron chi connectivity index (χ3n) is 5.72. The lowest BCUT2D eigenvalue weighted by Gasteiger charge is -2.36. The number of carbonyl (C=O) groups excluding carboxylic acids is 1. The molecule has 6 nitrogen and oxygen atoms in total. The van der Waals surface area contributed by atoms with Crippen LogP contribution >= 0.6 is 0 Å². The summed E-state index contributed by atoms with van der Waals surface area (Å²) >= 11 is 0. The summed E-state index contributed by atoms with van der Waals surface area (Å²) in [7, 11) is 1.62. The number of aryl methyl sites for hydroxylation is 2. The van der Waals surface area contributed by atoms with E-state index in [-0.39, 0.29) is 11.9 Å². The maximum atomic E-state index is 13.6. The van der Waals surface area contributed by atoms with Crippen LogP contribution in [-0.2, 0) is 0 Å². The van der Waals surface area contributed by atoms with Crippen LogP contribution in [0.25, 0.3) is 11.1 Å². The van der Waals surface area contributed by atoms with Gasteiger partial charge in [-0.1, -0.05) is 12.1 Å². The second-order valence-corrected chi connectivity index (χ2v) is 7.55. The third kappa shape index (κ3) is 3.50. The standard InChI is InChI=1S/C23H26N4O2/c1-15-7-6-8-18(22(15)29-3)23(28)27-12-5-4-9-20(27)21-19(14-25-26-21)17-10-11-24-13-16(17)2/h6-8,10-11,13-14,20H,4-5,9,12H2,1-3H3,(H,25,26)/t20-/m0/s1. The van der Waals surface area contributed by atoms with Gasteiger partial charge in [-0.15, -0.1) is 0 Å². The summed E-state index contributed by atoms with van der Waals surface area (Å²) in [6, 6.07) is 7.67. The van der Waals surface area contributed by atoms with Gasteiger partial charge in [0.25, 0.3) is 5.91 Å². The molecule has 3 heterocycles. The maximum absolute atomic E-state index is 13.6. The van der Waals surface area contributed by atoms with Crippen LogP contribution < -0.4 is 4.74 Å². The Hall–Kier alpha value is -3.15. The first-order chi connectivity index (χ1) is 14.1. The molecule has 1 N–H and O–H groups in total. The number of hydrogen-bond acceptors (Lipinski definition) is 4. The molecule has 2 aromatic heterocycles. The van der Waals surface area contributed by atoms with Gasteiger partial charge in [0.1, 0.15) is 5.75 Å². The van der Waals surface area contributed by atoms with Crippen LogP contribution in [0.15, 0.2) is 42.9 Å². The summed E-state index contributed by atoms with van der Waals surface area (Å²) in [5.41, 5.74) is 5.77. The fourth-order valence-electron chi connectivity index (χ4n) is 4.26. The monoisotopic (exact) mass is 390 g/mol. The highest BCUT2D eigenvalue weighted by atomic mass is 16.5. The molecule has 1 amide bonds. The number of para-hydroxylation sites is 1. The van der Waals surface area contributed by atoms with E-state index in [0.29, 0.717) is 17.9 Å². The van der Waals surface area contributed by atoms with E-state index in [9.17, 15) is 4.79 Å². The number of pyridine rings is 1. The molecule has 1 aromatic carbocycles.